The van der Waals surface area contributed by atoms with Crippen molar-refractivity contribution in [1.82, 2.24) is 0 Å². The molecule has 0 spiro atoms. The molecule has 4 heteroatoms. The first-order valence-electron chi connectivity index (χ1n) is 25.1. The van der Waals surface area contributed by atoms with Gasteiger partial charge in [0.1, 0.15) is 5.75 Å². The minimum absolute atomic E-state index is 0.224. The molecular formula is C53H98O4. The largest absolute Gasteiger partial charge is 0.507 e. The zero-order valence-corrected chi connectivity index (χ0v) is 39.7. The van der Waals surface area contributed by atoms with Gasteiger partial charge in [-0.05, 0) is 40.4 Å². The summed E-state index contributed by atoms with van der Waals surface area (Å²) in [5, 5.41) is 11.3. The molecule has 1 aromatic carbocycles. The fraction of sp³-hybridized carbons (Fsp3) is 0.868. The molecule has 0 heterocycles. The van der Waals surface area contributed by atoms with E-state index in [9.17, 15) is 9.90 Å². The highest BCUT2D eigenvalue weighted by molar-refractivity contribution is 5.75. The number of aromatic hydroxyl groups is 1. The molecule has 0 aliphatic rings. The molecule has 0 amide bonds. The second kappa shape index (κ2) is 34.2. The Morgan fingerprint density at radius 1 is 0.474 bits per heavy atom. The van der Waals surface area contributed by atoms with Crippen molar-refractivity contribution >= 4 is 5.97 Å². The van der Waals surface area contributed by atoms with Gasteiger partial charge in [-0.2, -0.15) is 0 Å². The molecule has 0 aromatic heterocycles. The molecule has 0 fully saturated rings. The van der Waals surface area contributed by atoms with Gasteiger partial charge in [0.15, 0.2) is 6.10 Å². The fourth-order valence-corrected chi connectivity index (χ4v) is 8.17. The number of unbranched alkanes of at least 4 members (excludes halogenated alkanes) is 30. The summed E-state index contributed by atoms with van der Waals surface area (Å²) in [7, 11) is 0. The first-order chi connectivity index (χ1) is 27.4. The second-order valence-corrected chi connectivity index (χ2v) is 19.9. The summed E-state index contributed by atoms with van der Waals surface area (Å²) in [6, 6.07) is 4.16. The van der Waals surface area contributed by atoms with Crippen LogP contribution in [0.2, 0.25) is 0 Å². The van der Waals surface area contributed by atoms with Gasteiger partial charge in [-0.15, -0.1) is 0 Å². The highest BCUT2D eigenvalue weighted by atomic mass is 16.6. The normalized spacial score (nSPS) is 12.7. The highest BCUT2D eigenvalue weighted by Crippen LogP contribution is 2.40. The van der Waals surface area contributed by atoms with E-state index in [0.717, 1.165) is 42.4 Å². The summed E-state index contributed by atoms with van der Waals surface area (Å²) in [6.45, 7) is 18.4. The van der Waals surface area contributed by atoms with Gasteiger partial charge < -0.3 is 14.6 Å². The minimum atomic E-state index is -0.632. The summed E-state index contributed by atoms with van der Waals surface area (Å²) in [5.74, 6) is 0.130. The standard InChI is InChI=1S/C53H98O4/c1-9-11-13-15-17-19-21-23-25-27-29-31-33-35-37-39-41-56-49(45-46-43-47(52(3,4)5)50(54)48(44-46)53(6,7)8)51(55)57-42-40-38-36-34-32-30-28-26-24-22-20-18-16-14-12-10-2/h43-44,49,54H,9-42,45H2,1-8H3. The summed E-state index contributed by atoms with van der Waals surface area (Å²) in [4.78, 5) is 13.5. The van der Waals surface area contributed by atoms with Crippen molar-refractivity contribution in [2.75, 3.05) is 13.2 Å². The number of hydrogen-bond donors (Lipinski definition) is 1. The Morgan fingerprint density at radius 3 is 1.05 bits per heavy atom. The van der Waals surface area contributed by atoms with Gasteiger partial charge >= 0.3 is 5.97 Å². The van der Waals surface area contributed by atoms with E-state index in [-0.39, 0.29) is 16.8 Å². The van der Waals surface area contributed by atoms with E-state index in [1.807, 2.05) is 0 Å². The Morgan fingerprint density at radius 2 is 0.754 bits per heavy atom. The predicted octanol–water partition coefficient (Wildman–Crippen LogP) is 17.0. The lowest BCUT2D eigenvalue weighted by Gasteiger charge is -2.29. The van der Waals surface area contributed by atoms with Crippen LogP contribution in [-0.4, -0.2) is 30.4 Å². The summed E-state index contributed by atoms with van der Waals surface area (Å²) in [6.07, 6.45) is 42.5. The maximum atomic E-state index is 13.5. The molecule has 57 heavy (non-hydrogen) atoms. The molecule has 1 unspecified atom stereocenters. The van der Waals surface area contributed by atoms with E-state index in [1.54, 1.807) is 0 Å². The third-order valence-electron chi connectivity index (χ3n) is 12.0. The molecule has 1 atom stereocenters. The molecule has 0 radical (unpaired) electrons. The van der Waals surface area contributed by atoms with Gasteiger partial charge in [0.25, 0.3) is 0 Å². The van der Waals surface area contributed by atoms with E-state index < -0.39 is 6.10 Å². The molecule has 1 N–H and O–H groups in total. The lowest BCUT2D eigenvalue weighted by molar-refractivity contribution is -0.157. The molecule has 0 saturated carbocycles. The van der Waals surface area contributed by atoms with E-state index >= 15 is 0 Å². The van der Waals surface area contributed by atoms with Gasteiger partial charge in [0.05, 0.1) is 6.61 Å². The Bertz CT molecular complexity index is 1040. The van der Waals surface area contributed by atoms with Crippen LogP contribution in [0.5, 0.6) is 5.75 Å². The number of carbonyl (C=O) groups excluding carboxylic acids is 1. The first-order valence-corrected chi connectivity index (χ1v) is 25.1. The number of hydrogen-bond acceptors (Lipinski definition) is 4. The topological polar surface area (TPSA) is 55.8 Å². The Labute approximate surface area is 356 Å². The number of benzene rings is 1. The molecule has 4 nitrogen and oxygen atoms in total. The highest BCUT2D eigenvalue weighted by Gasteiger charge is 2.29. The van der Waals surface area contributed by atoms with Crippen LogP contribution in [0.25, 0.3) is 0 Å². The monoisotopic (exact) mass is 799 g/mol. The summed E-state index contributed by atoms with van der Waals surface area (Å²) < 4.78 is 12.2. The molecule has 334 valence electrons. The van der Waals surface area contributed by atoms with Crippen molar-refractivity contribution in [3.63, 3.8) is 0 Å². The first kappa shape index (κ1) is 53.5. The number of phenolic OH excluding ortho intramolecular Hbond substituents is 1. The van der Waals surface area contributed by atoms with Crippen molar-refractivity contribution < 1.29 is 19.4 Å². The Kier molecular flexibility index (Phi) is 32.1. The zero-order valence-electron chi connectivity index (χ0n) is 39.7. The van der Waals surface area contributed by atoms with Crippen LogP contribution in [0.1, 0.15) is 278 Å². The molecule has 0 bridgehead atoms. The SMILES string of the molecule is CCCCCCCCCCCCCCCCCCOC(=O)C(Cc1cc(C(C)(C)C)c(O)c(C(C)(C)C)c1)OCCCCCCCCCCCCCCCCCC. The van der Waals surface area contributed by atoms with Crippen LogP contribution in [-0.2, 0) is 31.5 Å². The van der Waals surface area contributed by atoms with Gasteiger partial charge in [0.2, 0.25) is 0 Å². The molecule has 0 aliphatic carbocycles. The van der Waals surface area contributed by atoms with Crippen LogP contribution in [0.4, 0.5) is 0 Å². The van der Waals surface area contributed by atoms with Crippen LogP contribution >= 0.6 is 0 Å². The Balaban J connectivity index is 2.47. The number of ether oxygens (including phenoxy) is 2. The quantitative estimate of drug-likeness (QED) is 0.0535. The van der Waals surface area contributed by atoms with E-state index in [2.05, 4.69) is 67.5 Å². The average Bonchev–Trinajstić information content (AvgIpc) is 3.16. The third kappa shape index (κ3) is 28.5. The van der Waals surface area contributed by atoms with E-state index in [1.165, 1.54) is 180 Å². The van der Waals surface area contributed by atoms with Gasteiger partial charge in [-0.1, -0.05) is 260 Å². The van der Waals surface area contributed by atoms with Crippen molar-refractivity contribution in [3.8, 4) is 5.75 Å². The molecule has 1 aromatic rings. The van der Waals surface area contributed by atoms with Crippen LogP contribution in [0.15, 0.2) is 12.1 Å². The van der Waals surface area contributed by atoms with Crippen LogP contribution in [0, 0.1) is 0 Å². The van der Waals surface area contributed by atoms with Crippen molar-refractivity contribution in [2.45, 2.75) is 284 Å². The van der Waals surface area contributed by atoms with Crippen LogP contribution in [0.3, 0.4) is 0 Å². The molecule has 1 rings (SSSR count). The smallest absolute Gasteiger partial charge is 0.335 e. The van der Waals surface area contributed by atoms with Crippen LogP contribution < -0.4 is 0 Å². The lowest BCUT2D eigenvalue weighted by atomic mass is 9.78. The van der Waals surface area contributed by atoms with Gasteiger partial charge in [-0.25, -0.2) is 4.79 Å². The minimum Gasteiger partial charge on any atom is -0.507 e. The number of phenols is 1. The van der Waals surface area contributed by atoms with E-state index in [0.29, 0.717) is 25.4 Å². The number of esters is 1. The molecular weight excluding hydrogens is 701 g/mol. The van der Waals surface area contributed by atoms with Gasteiger partial charge in [-0.3, -0.25) is 0 Å². The Hall–Kier alpha value is -1.55. The third-order valence-corrected chi connectivity index (χ3v) is 12.0. The predicted molar refractivity (Wildman–Crippen MR) is 249 cm³/mol. The maximum absolute atomic E-state index is 13.5. The number of rotatable bonds is 38. The maximum Gasteiger partial charge on any atom is 0.335 e. The number of carbonyl (C=O) groups is 1. The van der Waals surface area contributed by atoms with Crippen molar-refractivity contribution in [2.24, 2.45) is 0 Å². The van der Waals surface area contributed by atoms with Crippen molar-refractivity contribution in [1.29, 1.82) is 0 Å². The van der Waals surface area contributed by atoms with Crippen molar-refractivity contribution in [3.05, 3.63) is 28.8 Å². The van der Waals surface area contributed by atoms with Gasteiger partial charge in [0, 0.05) is 13.0 Å². The molecule has 0 saturated heterocycles. The summed E-state index contributed by atoms with van der Waals surface area (Å²) >= 11 is 0. The molecule has 0 aliphatic heterocycles. The average molecular weight is 799 g/mol. The summed E-state index contributed by atoms with van der Waals surface area (Å²) in [5.41, 5.74) is 2.42. The second-order valence-electron chi connectivity index (χ2n) is 19.9. The lowest BCUT2D eigenvalue weighted by Crippen LogP contribution is -2.30. The zero-order chi connectivity index (χ0) is 42.0. The fourth-order valence-electron chi connectivity index (χ4n) is 8.17. The van der Waals surface area contributed by atoms with E-state index in [4.69, 9.17) is 9.47 Å².